The van der Waals surface area contributed by atoms with Crippen LogP contribution < -0.4 is 15.9 Å². The Bertz CT molecular complexity index is 551. The lowest BCUT2D eigenvalue weighted by Gasteiger charge is -2.18. The van der Waals surface area contributed by atoms with Crippen molar-refractivity contribution in [2.75, 3.05) is 0 Å². The van der Waals surface area contributed by atoms with Crippen LogP contribution in [0, 0.1) is 0 Å². The standard InChI is InChI=1S/C15H12N3P.C3H8/c1-7-16-8-2-13(1)19(14-3-9-17-10-4-14)15-5-11-18-12-6-15;1-3-2/h1-12H;3H2,1-2H3. The molecular formula is C18H20N3P. The topological polar surface area (TPSA) is 38.7 Å². The molecule has 3 aromatic heterocycles. The van der Waals surface area contributed by atoms with Gasteiger partial charge in [0.05, 0.1) is 0 Å². The van der Waals surface area contributed by atoms with Gasteiger partial charge < -0.3 is 0 Å². The minimum atomic E-state index is -0.566. The van der Waals surface area contributed by atoms with Crippen LogP contribution in [0.15, 0.2) is 73.6 Å². The van der Waals surface area contributed by atoms with Crippen molar-refractivity contribution in [2.24, 2.45) is 0 Å². The Kier molecular flexibility index (Phi) is 6.66. The third-order valence-electron chi connectivity index (χ3n) is 2.76. The van der Waals surface area contributed by atoms with Gasteiger partial charge in [0.25, 0.3) is 0 Å². The average molecular weight is 309 g/mol. The first-order valence-corrected chi connectivity index (χ1v) is 8.71. The van der Waals surface area contributed by atoms with Gasteiger partial charge in [0.2, 0.25) is 0 Å². The summed E-state index contributed by atoms with van der Waals surface area (Å²) < 4.78 is 0. The second-order valence-electron chi connectivity index (χ2n) is 4.66. The van der Waals surface area contributed by atoms with Gasteiger partial charge in [-0.15, -0.1) is 0 Å². The minimum absolute atomic E-state index is 0.566. The molecular weight excluding hydrogens is 289 g/mol. The first kappa shape index (κ1) is 16.3. The van der Waals surface area contributed by atoms with Gasteiger partial charge in [0.15, 0.2) is 0 Å². The van der Waals surface area contributed by atoms with Crippen molar-refractivity contribution in [2.45, 2.75) is 20.3 Å². The number of rotatable bonds is 3. The van der Waals surface area contributed by atoms with E-state index < -0.39 is 7.92 Å². The quantitative estimate of drug-likeness (QED) is 0.698. The van der Waals surface area contributed by atoms with E-state index in [-0.39, 0.29) is 0 Å². The monoisotopic (exact) mass is 309 g/mol. The van der Waals surface area contributed by atoms with Gasteiger partial charge in [-0.3, -0.25) is 15.0 Å². The Hall–Kier alpha value is -2.12. The second kappa shape index (κ2) is 9.01. The van der Waals surface area contributed by atoms with E-state index in [9.17, 15) is 0 Å². The van der Waals surface area contributed by atoms with Crippen molar-refractivity contribution in [1.29, 1.82) is 0 Å². The van der Waals surface area contributed by atoms with E-state index in [0.717, 1.165) is 0 Å². The molecule has 0 saturated heterocycles. The van der Waals surface area contributed by atoms with E-state index in [0.29, 0.717) is 0 Å². The van der Waals surface area contributed by atoms with Gasteiger partial charge in [0.1, 0.15) is 0 Å². The summed E-state index contributed by atoms with van der Waals surface area (Å²) in [5, 5.41) is 3.84. The van der Waals surface area contributed by atoms with Crippen LogP contribution in [0.25, 0.3) is 0 Å². The average Bonchev–Trinajstić information content (AvgIpc) is 2.59. The summed E-state index contributed by atoms with van der Waals surface area (Å²) in [4.78, 5) is 12.3. The molecule has 22 heavy (non-hydrogen) atoms. The Morgan fingerprint density at radius 1 is 0.591 bits per heavy atom. The Balaban J connectivity index is 0.000000545. The van der Waals surface area contributed by atoms with Crippen molar-refractivity contribution >= 4 is 23.8 Å². The maximum atomic E-state index is 4.10. The van der Waals surface area contributed by atoms with Crippen LogP contribution in [-0.2, 0) is 0 Å². The lowest BCUT2D eigenvalue weighted by Crippen LogP contribution is -2.20. The lowest BCUT2D eigenvalue weighted by atomic mass is 10.5. The van der Waals surface area contributed by atoms with E-state index >= 15 is 0 Å². The molecule has 0 aliphatic heterocycles. The number of pyridine rings is 3. The molecule has 0 aliphatic rings. The van der Waals surface area contributed by atoms with Crippen LogP contribution in [0.2, 0.25) is 0 Å². The number of nitrogens with zero attached hydrogens (tertiary/aromatic N) is 3. The number of hydrogen-bond donors (Lipinski definition) is 0. The van der Waals surface area contributed by atoms with Crippen LogP contribution in [-0.4, -0.2) is 15.0 Å². The maximum Gasteiger partial charge on any atom is 0.0274 e. The number of aromatic nitrogens is 3. The molecule has 3 aromatic rings. The van der Waals surface area contributed by atoms with E-state index in [1.165, 1.54) is 22.3 Å². The highest BCUT2D eigenvalue weighted by atomic mass is 31.1. The highest BCUT2D eigenvalue weighted by Gasteiger charge is 2.15. The summed E-state index contributed by atoms with van der Waals surface area (Å²) >= 11 is 0. The van der Waals surface area contributed by atoms with E-state index in [1.54, 1.807) is 0 Å². The molecule has 0 aromatic carbocycles. The molecule has 0 saturated carbocycles. The summed E-state index contributed by atoms with van der Waals surface area (Å²) in [7, 11) is -0.566. The van der Waals surface area contributed by atoms with Gasteiger partial charge >= 0.3 is 0 Å². The van der Waals surface area contributed by atoms with Crippen LogP contribution >= 0.6 is 7.92 Å². The second-order valence-corrected chi connectivity index (χ2v) is 6.88. The third kappa shape index (κ3) is 4.44. The SMILES string of the molecule is CCC.c1cc(P(c2ccncc2)c2ccncc2)ccn1. The molecule has 112 valence electrons. The highest BCUT2D eigenvalue weighted by molar-refractivity contribution is 7.79. The molecule has 3 heterocycles. The summed E-state index contributed by atoms with van der Waals surface area (Å²) in [5.41, 5.74) is 0. The third-order valence-corrected chi connectivity index (χ3v) is 5.21. The molecule has 0 bridgehead atoms. The molecule has 0 aliphatic carbocycles. The first-order chi connectivity index (χ1) is 10.9. The van der Waals surface area contributed by atoms with Gasteiger partial charge in [-0.25, -0.2) is 0 Å². The van der Waals surface area contributed by atoms with Crippen LogP contribution in [0.3, 0.4) is 0 Å². The summed E-state index contributed by atoms with van der Waals surface area (Å²) in [6.45, 7) is 4.25. The van der Waals surface area contributed by atoms with Crippen molar-refractivity contribution < 1.29 is 0 Å². The van der Waals surface area contributed by atoms with Gasteiger partial charge in [-0.1, -0.05) is 20.3 Å². The molecule has 0 unspecified atom stereocenters. The van der Waals surface area contributed by atoms with E-state index in [4.69, 9.17) is 0 Å². The van der Waals surface area contributed by atoms with E-state index in [2.05, 4.69) is 65.2 Å². The van der Waals surface area contributed by atoms with Crippen LogP contribution in [0.1, 0.15) is 20.3 Å². The lowest BCUT2D eigenvalue weighted by molar-refractivity contribution is 1.09. The fourth-order valence-electron chi connectivity index (χ4n) is 1.93. The summed E-state index contributed by atoms with van der Waals surface area (Å²) in [6, 6.07) is 12.5. The van der Waals surface area contributed by atoms with Gasteiger partial charge in [0, 0.05) is 37.2 Å². The molecule has 0 fully saturated rings. The normalized spacial score (nSPS) is 9.95. The Labute approximate surface area is 133 Å². The molecule has 3 rings (SSSR count). The molecule has 0 atom stereocenters. The maximum absolute atomic E-state index is 4.10. The van der Waals surface area contributed by atoms with Crippen molar-refractivity contribution in [3.05, 3.63) is 73.6 Å². The van der Waals surface area contributed by atoms with Crippen molar-refractivity contribution in [1.82, 2.24) is 15.0 Å². The molecule has 0 radical (unpaired) electrons. The Morgan fingerprint density at radius 2 is 0.818 bits per heavy atom. The van der Waals surface area contributed by atoms with Crippen LogP contribution in [0.4, 0.5) is 0 Å². The van der Waals surface area contributed by atoms with Gasteiger partial charge in [-0.05, 0) is 60.2 Å². The molecule has 0 N–H and O–H groups in total. The molecule has 0 spiro atoms. The minimum Gasteiger partial charge on any atom is -0.265 e. The predicted molar refractivity (Wildman–Crippen MR) is 94.5 cm³/mol. The molecule has 3 nitrogen and oxygen atoms in total. The summed E-state index contributed by atoms with van der Waals surface area (Å²) in [6.07, 6.45) is 12.3. The van der Waals surface area contributed by atoms with E-state index in [1.807, 2.05) is 37.2 Å². The largest absolute Gasteiger partial charge is 0.265 e. The molecule has 0 amide bonds. The molecule has 4 heteroatoms. The zero-order valence-corrected chi connectivity index (χ0v) is 13.8. The fraction of sp³-hybridized carbons (Fsp3) is 0.167. The zero-order chi connectivity index (χ0) is 15.6. The van der Waals surface area contributed by atoms with Gasteiger partial charge in [-0.2, -0.15) is 0 Å². The van der Waals surface area contributed by atoms with Crippen LogP contribution in [0.5, 0.6) is 0 Å². The number of hydrogen-bond acceptors (Lipinski definition) is 3. The first-order valence-electron chi connectivity index (χ1n) is 7.37. The van der Waals surface area contributed by atoms with Crippen molar-refractivity contribution in [3.8, 4) is 0 Å². The predicted octanol–water partition coefficient (Wildman–Crippen LogP) is 3.05. The van der Waals surface area contributed by atoms with Crippen molar-refractivity contribution in [3.63, 3.8) is 0 Å². The fourth-order valence-corrected chi connectivity index (χ4v) is 4.12. The zero-order valence-electron chi connectivity index (χ0n) is 12.9. The highest BCUT2D eigenvalue weighted by Crippen LogP contribution is 2.31. The Morgan fingerprint density at radius 3 is 1.05 bits per heavy atom. The smallest absolute Gasteiger partial charge is 0.0274 e. The summed E-state index contributed by atoms with van der Waals surface area (Å²) in [5.74, 6) is 0.